The second-order valence-electron chi connectivity index (χ2n) is 5.90. The van der Waals surface area contributed by atoms with Crippen molar-refractivity contribution in [2.24, 2.45) is 0 Å². The molecule has 1 unspecified atom stereocenters. The van der Waals surface area contributed by atoms with Crippen molar-refractivity contribution in [2.75, 3.05) is 25.0 Å². The molecule has 1 aromatic rings. The maximum atomic E-state index is 4.56. The van der Waals surface area contributed by atoms with E-state index >= 15 is 0 Å². The lowest BCUT2D eigenvalue weighted by atomic mass is 10.0. The Balaban J connectivity index is 1.75. The minimum Gasteiger partial charge on any atom is -0.370 e. The van der Waals surface area contributed by atoms with E-state index in [1.807, 2.05) is 6.07 Å². The average Bonchev–Trinajstić information content (AvgIpc) is 2.45. The van der Waals surface area contributed by atoms with Crippen molar-refractivity contribution in [2.45, 2.75) is 58.4 Å². The maximum Gasteiger partial charge on any atom is 0.132 e. The lowest BCUT2D eigenvalue weighted by molar-refractivity contribution is 0.160. The number of piperidine rings is 1. The van der Waals surface area contributed by atoms with E-state index in [0.717, 1.165) is 48.1 Å². The standard InChI is InChI=1S/C16H27BrN4/c1-3-7-15-19-14(17)12-16(20-15)18-9-6-11-21-10-5-4-8-13(21)2/h12-13H,3-11H2,1-2H3,(H,18,19,20). The number of hydrogen-bond acceptors (Lipinski definition) is 4. The molecule has 118 valence electrons. The lowest BCUT2D eigenvalue weighted by Gasteiger charge is -2.33. The van der Waals surface area contributed by atoms with Crippen molar-refractivity contribution in [1.29, 1.82) is 0 Å². The van der Waals surface area contributed by atoms with Crippen LogP contribution >= 0.6 is 15.9 Å². The molecular formula is C16H27BrN4. The smallest absolute Gasteiger partial charge is 0.132 e. The molecule has 1 fully saturated rings. The Kier molecular flexibility index (Phi) is 6.90. The van der Waals surface area contributed by atoms with Gasteiger partial charge < -0.3 is 10.2 Å². The van der Waals surface area contributed by atoms with E-state index in [0.29, 0.717) is 0 Å². The predicted molar refractivity (Wildman–Crippen MR) is 91.7 cm³/mol. The first-order valence-electron chi connectivity index (χ1n) is 8.20. The number of nitrogens with one attached hydrogen (secondary N) is 1. The van der Waals surface area contributed by atoms with Gasteiger partial charge in [-0.2, -0.15) is 0 Å². The molecule has 0 aromatic carbocycles. The first-order valence-corrected chi connectivity index (χ1v) is 8.99. The largest absolute Gasteiger partial charge is 0.370 e. The number of hydrogen-bond donors (Lipinski definition) is 1. The molecule has 1 atom stereocenters. The van der Waals surface area contributed by atoms with Crippen LogP contribution in [0.25, 0.3) is 0 Å². The van der Waals surface area contributed by atoms with Gasteiger partial charge in [0.1, 0.15) is 16.2 Å². The zero-order valence-electron chi connectivity index (χ0n) is 13.2. The zero-order valence-corrected chi connectivity index (χ0v) is 14.8. The zero-order chi connectivity index (χ0) is 15.1. The monoisotopic (exact) mass is 354 g/mol. The van der Waals surface area contributed by atoms with Gasteiger partial charge in [0.2, 0.25) is 0 Å². The Bertz CT molecular complexity index is 438. The molecule has 1 saturated heterocycles. The summed E-state index contributed by atoms with van der Waals surface area (Å²) in [5.41, 5.74) is 0. The summed E-state index contributed by atoms with van der Waals surface area (Å²) in [4.78, 5) is 11.6. The summed E-state index contributed by atoms with van der Waals surface area (Å²) in [6.45, 7) is 7.92. The van der Waals surface area contributed by atoms with Gasteiger partial charge in [-0.1, -0.05) is 13.3 Å². The summed E-state index contributed by atoms with van der Waals surface area (Å²) in [6.07, 6.45) is 7.27. The van der Waals surface area contributed by atoms with Crippen LogP contribution < -0.4 is 5.32 Å². The molecule has 0 saturated carbocycles. The van der Waals surface area contributed by atoms with Crippen LogP contribution in [0.1, 0.15) is 51.8 Å². The summed E-state index contributed by atoms with van der Waals surface area (Å²) < 4.78 is 0.869. The normalized spacial score (nSPS) is 19.7. The SMILES string of the molecule is CCCc1nc(Br)cc(NCCCN2CCCCC2C)n1. The highest BCUT2D eigenvalue weighted by Crippen LogP contribution is 2.17. The Morgan fingerprint density at radius 1 is 1.38 bits per heavy atom. The predicted octanol–water partition coefficient (Wildman–Crippen LogP) is 3.87. The minimum atomic E-state index is 0.753. The van der Waals surface area contributed by atoms with Crippen LogP contribution in [-0.4, -0.2) is 40.5 Å². The first-order chi connectivity index (χ1) is 10.2. The van der Waals surface area contributed by atoms with Crippen molar-refractivity contribution >= 4 is 21.7 Å². The third-order valence-electron chi connectivity index (χ3n) is 4.08. The Hall–Kier alpha value is -0.680. The molecule has 0 aliphatic carbocycles. The number of anilines is 1. The molecule has 0 radical (unpaired) electrons. The van der Waals surface area contributed by atoms with Gasteiger partial charge in [0.05, 0.1) is 0 Å². The van der Waals surface area contributed by atoms with E-state index in [2.05, 4.69) is 50.0 Å². The van der Waals surface area contributed by atoms with Crippen LogP contribution in [-0.2, 0) is 6.42 Å². The van der Waals surface area contributed by atoms with Gasteiger partial charge in [-0.05, 0) is 55.1 Å². The molecule has 1 aromatic heterocycles. The van der Waals surface area contributed by atoms with E-state index in [-0.39, 0.29) is 0 Å². The van der Waals surface area contributed by atoms with Crippen molar-refractivity contribution < 1.29 is 0 Å². The van der Waals surface area contributed by atoms with E-state index in [1.54, 1.807) is 0 Å². The lowest BCUT2D eigenvalue weighted by Crippen LogP contribution is -2.38. The van der Waals surface area contributed by atoms with Gasteiger partial charge in [-0.25, -0.2) is 9.97 Å². The van der Waals surface area contributed by atoms with Crippen LogP contribution in [0.3, 0.4) is 0 Å². The van der Waals surface area contributed by atoms with Crippen molar-refractivity contribution in [3.63, 3.8) is 0 Å². The third-order valence-corrected chi connectivity index (χ3v) is 4.49. The van der Waals surface area contributed by atoms with Crippen LogP contribution in [0.15, 0.2) is 10.7 Å². The van der Waals surface area contributed by atoms with Gasteiger partial charge in [0.25, 0.3) is 0 Å². The average molecular weight is 355 g/mol. The van der Waals surface area contributed by atoms with Crippen molar-refractivity contribution in [1.82, 2.24) is 14.9 Å². The van der Waals surface area contributed by atoms with Crippen LogP contribution in [0, 0.1) is 0 Å². The molecule has 0 bridgehead atoms. The molecule has 1 N–H and O–H groups in total. The molecule has 0 amide bonds. The van der Waals surface area contributed by atoms with Gasteiger partial charge in [-0.15, -0.1) is 0 Å². The van der Waals surface area contributed by atoms with Gasteiger partial charge in [0.15, 0.2) is 0 Å². The van der Waals surface area contributed by atoms with E-state index < -0.39 is 0 Å². The highest BCUT2D eigenvalue weighted by Gasteiger charge is 2.17. The molecule has 5 heteroatoms. The number of aryl methyl sites for hydroxylation is 1. The van der Waals surface area contributed by atoms with E-state index in [9.17, 15) is 0 Å². The number of aromatic nitrogens is 2. The van der Waals surface area contributed by atoms with Crippen LogP contribution in [0.4, 0.5) is 5.82 Å². The maximum absolute atomic E-state index is 4.56. The fraction of sp³-hybridized carbons (Fsp3) is 0.750. The first kappa shape index (κ1) is 16.7. The fourth-order valence-electron chi connectivity index (χ4n) is 2.88. The number of halogens is 1. The van der Waals surface area contributed by atoms with Crippen LogP contribution in [0.2, 0.25) is 0 Å². The van der Waals surface area contributed by atoms with Gasteiger partial charge in [0, 0.05) is 31.6 Å². The molecule has 2 heterocycles. The topological polar surface area (TPSA) is 41.1 Å². The van der Waals surface area contributed by atoms with Gasteiger partial charge in [-0.3, -0.25) is 0 Å². The summed E-state index contributed by atoms with van der Waals surface area (Å²) in [5.74, 6) is 1.85. The summed E-state index contributed by atoms with van der Waals surface area (Å²) in [7, 11) is 0. The number of likely N-dealkylation sites (tertiary alicyclic amines) is 1. The minimum absolute atomic E-state index is 0.753. The van der Waals surface area contributed by atoms with Crippen LogP contribution in [0.5, 0.6) is 0 Å². The summed E-state index contributed by atoms with van der Waals surface area (Å²) in [5, 5.41) is 3.43. The molecule has 0 spiro atoms. The third kappa shape index (κ3) is 5.55. The Morgan fingerprint density at radius 3 is 3.00 bits per heavy atom. The molecule has 21 heavy (non-hydrogen) atoms. The Labute approximate surface area is 136 Å². The molecular weight excluding hydrogens is 328 g/mol. The Morgan fingerprint density at radius 2 is 2.24 bits per heavy atom. The molecule has 1 aliphatic heterocycles. The van der Waals surface area contributed by atoms with Crippen molar-refractivity contribution in [3.8, 4) is 0 Å². The quantitative estimate of drug-likeness (QED) is 0.596. The van der Waals surface area contributed by atoms with Gasteiger partial charge >= 0.3 is 0 Å². The summed E-state index contributed by atoms with van der Waals surface area (Å²) in [6, 6.07) is 2.71. The molecule has 1 aliphatic rings. The fourth-order valence-corrected chi connectivity index (χ4v) is 3.30. The molecule has 2 rings (SSSR count). The molecule has 4 nitrogen and oxygen atoms in total. The number of rotatable bonds is 7. The second-order valence-corrected chi connectivity index (χ2v) is 6.72. The highest BCUT2D eigenvalue weighted by molar-refractivity contribution is 9.10. The van der Waals surface area contributed by atoms with E-state index in [1.165, 1.54) is 32.4 Å². The highest BCUT2D eigenvalue weighted by atomic mass is 79.9. The van der Waals surface area contributed by atoms with Crippen molar-refractivity contribution in [3.05, 3.63) is 16.5 Å². The number of nitrogens with zero attached hydrogens (tertiary/aromatic N) is 3. The van der Waals surface area contributed by atoms with E-state index in [4.69, 9.17) is 0 Å². The summed E-state index contributed by atoms with van der Waals surface area (Å²) >= 11 is 3.46. The second kappa shape index (κ2) is 8.69.